The molecule has 1 unspecified atom stereocenters. The Morgan fingerprint density at radius 3 is 1.22 bits per heavy atom. The fraction of sp³-hybridized carbons (Fsp3) is 0.178. The van der Waals surface area contributed by atoms with Gasteiger partial charge in [-0.1, -0.05) is 204 Å². The van der Waals surface area contributed by atoms with E-state index in [4.69, 9.17) is 9.97 Å². The molecule has 4 heteroatoms. The van der Waals surface area contributed by atoms with Gasteiger partial charge >= 0.3 is 0 Å². The molecular weight excluding hydrogens is 933 g/mol. The molecular formula is C73H64N4. The summed E-state index contributed by atoms with van der Waals surface area (Å²) in [6.45, 7) is 18.5. The minimum atomic E-state index is -0.185. The first-order valence-electron chi connectivity index (χ1n) is 27.3. The predicted octanol–water partition coefficient (Wildman–Crippen LogP) is 18.9. The highest BCUT2D eigenvalue weighted by Gasteiger charge is 2.39. The maximum Gasteiger partial charge on any atom is 0.137 e. The molecule has 77 heavy (non-hydrogen) atoms. The van der Waals surface area contributed by atoms with Crippen molar-refractivity contribution in [3.8, 4) is 33.4 Å². The Labute approximate surface area is 455 Å². The number of aryl methyl sites for hydroxylation is 1. The zero-order valence-electron chi connectivity index (χ0n) is 45.4. The molecule has 7 aromatic carbocycles. The van der Waals surface area contributed by atoms with Crippen LogP contribution in [-0.2, 0) is 16.2 Å². The van der Waals surface area contributed by atoms with Gasteiger partial charge in [0.15, 0.2) is 0 Å². The molecule has 0 saturated heterocycles. The lowest BCUT2D eigenvalue weighted by atomic mass is 9.81. The van der Waals surface area contributed by atoms with Crippen LogP contribution in [0.1, 0.15) is 116 Å². The van der Waals surface area contributed by atoms with E-state index in [1.54, 1.807) is 0 Å². The van der Waals surface area contributed by atoms with Gasteiger partial charge in [-0.25, -0.2) is 9.97 Å². The van der Waals surface area contributed by atoms with Crippen LogP contribution >= 0.6 is 0 Å². The number of pyridine rings is 2. The number of hydrogen-bond donors (Lipinski definition) is 0. The van der Waals surface area contributed by atoms with Gasteiger partial charge in [0.2, 0.25) is 0 Å². The third kappa shape index (κ3) is 8.21. The highest BCUT2D eigenvalue weighted by atomic mass is 15.2. The quantitative estimate of drug-likeness (QED) is 0.128. The number of allylic oxidation sites excluding steroid dienone is 2. The summed E-state index contributed by atoms with van der Waals surface area (Å²) in [4.78, 5) is 14.3. The lowest BCUT2D eigenvalue weighted by Gasteiger charge is -2.33. The molecule has 9 aromatic rings. The van der Waals surface area contributed by atoms with E-state index >= 15 is 0 Å². The highest BCUT2D eigenvalue weighted by Crippen LogP contribution is 2.54. The number of aromatic nitrogens is 2. The zero-order valence-corrected chi connectivity index (χ0v) is 45.4. The molecule has 0 N–H and O–H groups in total. The van der Waals surface area contributed by atoms with Crippen LogP contribution in [0.5, 0.6) is 0 Å². The first kappa shape index (κ1) is 48.1. The van der Waals surface area contributed by atoms with E-state index in [-0.39, 0.29) is 22.3 Å². The minimum Gasteiger partial charge on any atom is -0.319 e. The maximum absolute atomic E-state index is 4.83. The fourth-order valence-corrected chi connectivity index (χ4v) is 12.8. The van der Waals surface area contributed by atoms with Crippen molar-refractivity contribution in [1.29, 1.82) is 0 Å². The van der Waals surface area contributed by atoms with Gasteiger partial charge in [-0.15, -0.1) is 0 Å². The van der Waals surface area contributed by atoms with E-state index in [2.05, 4.69) is 265 Å². The van der Waals surface area contributed by atoms with Crippen LogP contribution in [0, 0.1) is 6.92 Å². The average Bonchev–Trinajstić information content (AvgIpc) is 4.11. The zero-order chi connectivity index (χ0) is 52.8. The second-order valence-electron chi connectivity index (χ2n) is 23.2. The number of rotatable bonds is 10. The third-order valence-electron chi connectivity index (χ3n) is 17.2. The van der Waals surface area contributed by atoms with Crippen LogP contribution < -0.4 is 9.80 Å². The van der Waals surface area contributed by atoms with Gasteiger partial charge in [0, 0.05) is 45.7 Å². The molecule has 0 spiro atoms. The molecule has 0 radical (unpaired) electrons. The van der Waals surface area contributed by atoms with E-state index < -0.39 is 0 Å². The number of benzene rings is 7. The topological polar surface area (TPSA) is 32.3 Å². The Kier molecular flexibility index (Phi) is 11.4. The second kappa shape index (κ2) is 18.3. The Hall–Kier alpha value is -8.60. The molecule has 13 rings (SSSR count). The van der Waals surface area contributed by atoms with Crippen LogP contribution in [0.2, 0.25) is 0 Å². The maximum atomic E-state index is 4.83. The number of hydrogen-bond acceptors (Lipinski definition) is 4. The van der Waals surface area contributed by atoms with Crippen molar-refractivity contribution in [2.45, 2.75) is 84.1 Å². The van der Waals surface area contributed by atoms with Crippen molar-refractivity contribution in [3.05, 3.63) is 267 Å². The van der Waals surface area contributed by atoms with Crippen LogP contribution in [-0.4, -0.2) is 16.0 Å². The molecule has 4 nitrogen and oxygen atoms in total. The molecule has 2 heterocycles. The highest BCUT2D eigenvalue weighted by molar-refractivity contribution is 5.89. The van der Waals surface area contributed by atoms with Crippen molar-refractivity contribution in [2.75, 3.05) is 9.80 Å². The number of fused-ring (bicyclic) bond motifs is 9. The molecule has 1 atom stereocenters. The summed E-state index contributed by atoms with van der Waals surface area (Å²) in [7, 11) is 0. The second-order valence-corrected chi connectivity index (χ2v) is 23.2. The first-order chi connectivity index (χ1) is 37.2. The lowest BCUT2D eigenvalue weighted by molar-refractivity contribution is 0.659. The molecule has 0 saturated carbocycles. The molecule has 2 aromatic heterocycles. The van der Waals surface area contributed by atoms with E-state index in [9.17, 15) is 0 Å². The number of nitrogens with zero attached hydrogens (tertiary/aromatic N) is 4. The van der Waals surface area contributed by atoms with Gasteiger partial charge in [-0.05, 0) is 170 Å². The molecule has 0 fully saturated rings. The minimum absolute atomic E-state index is 0.149. The van der Waals surface area contributed by atoms with Gasteiger partial charge in [0.25, 0.3) is 0 Å². The Bertz CT molecular complexity index is 3940. The molecule has 4 aliphatic rings. The SMILES string of the molecule is CC1=CCC(N(c2ccc3c(c2)C(C)(C)c2cc(/C=C/c4ccc5c(c4)C(C)(C)c4cc(/C=C/c6ccc7c(c6)C(C)(C)c6cc(N(c8ccc(C)cc8)c8ccccn8)ccc6-7)ccc4-5)ccc2-3)c2ccccn2)C=C1. The summed E-state index contributed by atoms with van der Waals surface area (Å²) in [5.74, 6) is 1.87. The third-order valence-corrected chi connectivity index (χ3v) is 17.2. The first-order valence-corrected chi connectivity index (χ1v) is 27.3. The molecule has 376 valence electrons. The summed E-state index contributed by atoms with van der Waals surface area (Å²) in [6, 6.07) is 63.2. The standard InChI is InChI=1S/C73H64N4/c1-47-15-27-53(28-16-47)76(69-13-9-11-39-74-69)55-31-37-61-59-35-25-51(43-65(59)72(5,6)67(61)45-55)21-19-49-23-33-57-58-34-24-50(42-64(58)71(3,4)63(57)41-49)20-22-52-26-36-60-62-38-32-56(46-68(62)73(7,8)66(60)44-52)77(70-14-10-12-40-75-70)54-29-17-48(2)18-30-54/h9-29,31-46,54H,30H2,1-8H3/b21-19+,22-20+. The monoisotopic (exact) mass is 997 g/mol. The van der Waals surface area contributed by atoms with Crippen molar-refractivity contribution in [3.63, 3.8) is 0 Å². The molecule has 0 amide bonds. The van der Waals surface area contributed by atoms with Gasteiger partial charge in [-0.2, -0.15) is 0 Å². The normalized spacial score (nSPS) is 16.6. The van der Waals surface area contributed by atoms with Crippen molar-refractivity contribution >= 4 is 53.0 Å². The largest absolute Gasteiger partial charge is 0.319 e. The van der Waals surface area contributed by atoms with Gasteiger partial charge in [-0.3, -0.25) is 4.90 Å². The Balaban J connectivity index is 0.726. The van der Waals surface area contributed by atoms with Crippen LogP contribution in [0.3, 0.4) is 0 Å². The summed E-state index contributed by atoms with van der Waals surface area (Å²) in [5, 5.41) is 0. The summed E-state index contributed by atoms with van der Waals surface area (Å²) in [6.07, 6.45) is 20.7. The molecule has 0 bridgehead atoms. The van der Waals surface area contributed by atoms with Crippen molar-refractivity contribution in [2.24, 2.45) is 0 Å². The summed E-state index contributed by atoms with van der Waals surface area (Å²) in [5.41, 5.74) is 26.3. The Morgan fingerprint density at radius 2 is 0.805 bits per heavy atom. The van der Waals surface area contributed by atoms with Crippen LogP contribution in [0.25, 0.3) is 57.7 Å². The average molecular weight is 997 g/mol. The van der Waals surface area contributed by atoms with Crippen LogP contribution in [0.15, 0.2) is 206 Å². The predicted molar refractivity (Wildman–Crippen MR) is 325 cm³/mol. The van der Waals surface area contributed by atoms with Gasteiger partial charge in [0.1, 0.15) is 11.6 Å². The smallest absolute Gasteiger partial charge is 0.137 e. The Morgan fingerprint density at radius 1 is 0.416 bits per heavy atom. The molecule has 0 aliphatic heterocycles. The van der Waals surface area contributed by atoms with Crippen molar-refractivity contribution < 1.29 is 0 Å². The number of anilines is 5. The van der Waals surface area contributed by atoms with E-state index in [1.165, 1.54) is 106 Å². The summed E-state index contributed by atoms with van der Waals surface area (Å²) < 4.78 is 0. The van der Waals surface area contributed by atoms with Crippen LogP contribution in [0.4, 0.5) is 28.7 Å². The van der Waals surface area contributed by atoms with Crippen molar-refractivity contribution in [1.82, 2.24) is 9.97 Å². The van der Waals surface area contributed by atoms with Gasteiger partial charge < -0.3 is 4.90 Å². The molecule has 4 aliphatic carbocycles. The lowest BCUT2D eigenvalue weighted by Crippen LogP contribution is -2.31. The van der Waals surface area contributed by atoms with Gasteiger partial charge in [0.05, 0.1) is 6.04 Å². The summed E-state index contributed by atoms with van der Waals surface area (Å²) >= 11 is 0. The van der Waals surface area contributed by atoms with E-state index in [0.29, 0.717) is 0 Å². The van der Waals surface area contributed by atoms with E-state index in [1.807, 2.05) is 24.5 Å². The fourth-order valence-electron chi connectivity index (χ4n) is 12.8. The van der Waals surface area contributed by atoms with E-state index in [0.717, 1.165) is 29.4 Å².